The zero-order valence-electron chi connectivity index (χ0n) is 14.8. The second-order valence-electron chi connectivity index (χ2n) is 6.55. The molecule has 0 aliphatic carbocycles. The Bertz CT molecular complexity index is 490. The highest BCUT2D eigenvalue weighted by atomic mass is 16.6. The third kappa shape index (κ3) is 5.48. The highest BCUT2D eigenvalue weighted by Crippen LogP contribution is 2.31. The molecule has 0 amide bonds. The first kappa shape index (κ1) is 19.4. The van der Waals surface area contributed by atoms with E-state index in [1.54, 1.807) is 6.92 Å². The van der Waals surface area contributed by atoms with Crippen molar-refractivity contribution >= 4 is 17.7 Å². The van der Waals surface area contributed by atoms with Crippen LogP contribution in [0.4, 0.5) is 0 Å². The summed E-state index contributed by atoms with van der Waals surface area (Å²) in [6.07, 6.45) is 1.88. The molecule has 1 rings (SSSR count). The van der Waals surface area contributed by atoms with E-state index < -0.39 is 11.9 Å². The highest BCUT2D eigenvalue weighted by molar-refractivity contribution is 6.18. The van der Waals surface area contributed by atoms with E-state index in [1.165, 1.54) is 0 Å². The average molecular weight is 324 g/mol. The molecule has 5 heteroatoms. The molecule has 1 aliphatic rings. The van der Waals surface area contributed by atoms with Crippen LogP contribution in [0.15, 0.2) is 11.3 Å². The van der Waals surface area contributed by atoms with Gasteiger partial charge in [0.05, 0.1) is 0 Å². The second-order valence-corrected chi connectivity index (χ2v) is 6.55. The van der Waals surface area contributed by atoms with Gasteiger partial charge in [0.25, 0.3) is 0 Å². The number of carbonyl (C=O) groups excluding carboxylic acids is 3. The van der Waals surface area contributed by atoms with Crippen LogP contribution >= 0.6 is 0 Å². The van der Waals surface area contributed by atoms with E-state index in [9.17, 15) is 14.4 Å². The molecular formula is C18H28O5. The Kier molecular flexibility index (Phi) is 7.46. The summed E-state index contributed by atoms with van der Waals surface area (Å²) in [5, 5.41) is 0. The Morgan fingerprint density at radius 3 is 2.43 bits per heavy atom. The normalized spacial score (nSPS) is 19.6. The van der Waals surface area contributed by atoms with Crippen LogP contribution in [0, 0.1) is 11.8 Å². The van der Waals surface area contributed by atoms with Crippen LogP contribution in [0.5, 0.6) is 0 Å². The topological polar surface area (TPSA) is 69.7 Å². The van der Waals surface area contributed by atoms with E-state index in [4.69, 9.17) is 9.47 Å². The Hall–Kier alpha value is -1.65. The first-order valence-electron chi connectivity index (χ1n) is 8.48. The van der Waals surface area contributed by atoms with Crippen molar-refractivity contribution in [2.75, 3.05) is 0 Å². The lowest BCUT2D eigenvalue weighted by Crippen LogP contribution is -2.35. The van der Waals surface area contributed by atoms with Crippen molar-refractivity contribution in [1.82, 2.24) is 0 Å². The molecule has 2 atom stereocenters. The largest absolute Gasteiger partial charge is 0.458 e. The van der Waals surface area contributed by atoms with E-state index in [0.29, 0.717) is 12.3 Å². The number of rotatable bonds is 8. The quantitative estimate of drug-likeness (QED) is 0.504. The van der Waals surface area contributed by atoms with Gasteiger partial charge in [0.15, 0.2) is 5.78 Å². The van der Waals surface area contributed by atoms with E-state index in [0.717, 1.165) is 6.42 Å². The van der Waals surface area contributed by atoms with Crippen molar-refractivity contribution in [3.63, 3.8) is 0 Å². The van der Waals surface area contributed by atoms with Crippen molar-refractivity contribution in [1.29, 1.82) is 0 Å². The molecule has 0 aromatic rings. The number of esters is 2. The zero-order valence-corrected chi connectivity index (χ0v) is 14.8. The summed E-state index contributed by atoms with van der Waals surface area (Å²) in [6, 6.07) is 0. The summed E-state index contributed by atoms with van der Waals surface area (Å²) >= 11 is 0. The van der Waals surface area contributed by atoms with Gasteiger partial charge < -0.3 is 9.47 Å². The van der Waals surface area contributed by atoms with E-state index in [1.807, 2.05) is 13.8 Å². The van der Waals surface area contributed by atoms with Crippen molar-refractivity contribution in [2.45, 2.75) is 72.8 Å². The summed E-state index contributed by atoms with van der Waals surface area (Å²) in [5.41, 5.74) is -0.0818. The van der Waals surface area contributed by atoms with Crippen molar-refractivity contribution in [3.05, 3.63) is 11.3 Å². The summed E-state index contributed by atoms with van der Waals surface area (Å²) in [5.74, 6) is -0.617. The Labute approximate surface area is 138 Å². The van der Waals surface area contributed by atoms with Crippen LogP contribution in [0.2, 0.25) is 0 Å². The summed E-state index contributed by atoms with van der Waals surface area (Å²) in [7, 11) is 0. The van der Waals surface area contributed by atoms with Gasteiger partial charge in [-0.1, -0.05) is 34.6 Å². The first-order valence-corrected chi connectivity index (χ1v) is 8.48. The van der Waals surface area contributed by atoms with Crippen LogP contribution in [-0.4, -0.2) is 23.8 Å². The molecule has 0 radical (unpaired) electrons. The van der Waals surface area contributed by atoms with Crippen LogP contribution in [0.3, 0.4) is 0 Å². The van der Waals surface area contributed by atoms with Gasteiger partial charge in [0.1, 0.15) is 17.4 Å². The second kappa shape index (κ2) is 8.85. The minimum atomic E-state index is -0.658. The van der Waals surface area contributed by atoms with Gasteiger partial charge in [-0.05, 0) is 24.7 Å². The number of Topliss-reactive ketones (excluding diaryl/α,β-unsaturated/α-hetero) is 1. The predicted octanol–water partition coefficient (Wildman–Crippen LogP) is 3.56. The van der Waals surface area contributed by atoms with E-state index >= 15 is 0 Å². The molecule has 0 aromatic heterocycles. The third-order valence-electron chi connectivity index (χ3n) is 3.89. The molecule has 2 unspecified atom stereocenters. The van der Waals surface area contributed by atoms with Gasteiger partial charge in [-0.15, -0.1) is 0 Å². The molecule has 130 valence electrons. The lowest BCUT2D eigenvalue weighted by atomic mass is 9.89. The first-order chi connectivity index (χ1) is 10.8. The molecule has 0 fully saturated rings. The summed E-state index contributed by atoms with van der Waals surface area (Å²) in [6.45, 7) is 9.75. The molecule has 0 spiro atoms. The molecule has 0 saturated heterocycles. The van der Waals surface area contributed by atoms with Crippen LogP contribution in [0.25, 0.3) is 0 Å². The fourth-order valence-electron chi connectivity index (χ4n) is 2.77. The maximum absolute atomic E-state index is 12.3. The molecule has 23 heavy (non-hydrogen) atoms. The summed E-state index contributed by atoms with van der Waals surface area (Å²) in [4.78, 5) is 36.1. The minimum Gasteiger partial charge on any atom is -0.458 e. The molecule has 0 N–H and O–H groups in total. The van der Waals surface area contributed by atoms with Crippen LogP contribution < -0.4 is 0 Å². The molecule has 1 aliphatic heterocycles. The van der Waals surface area contributed by atoms with Gasteiger partial charge in [-0.3, -0.25) is 9.59 Å². The van der Waals surface area contributed by atoms with E-state index in [2.05, 4.69) is 13.8 Å². The SMILES string of the molecule is CCCC(=O)C1=C(OC(=O)CC)CC(C(C)CC(C)C)OC1=O. The van der Waals surface area contributed by atoms with Crippen molar-refractivity contribution < 1.29 is 23.9 Å². The smallest absolute Gasteiger partial charge is 0.345 e. The molecule has 0 bridgehead atoms. The Morgan fingerprint density at radius 2 is 1.91 bits per heavy atom. The fraction of sp³-hybridized carbons (Fsp3) is 0.722. The number of hydrogen-bond donors (Lipinski definition) is 0. The van der Waals surface area contributed by atoms with Gasteiger partial charge in [0, 0.05) is 19.3 Å². The zero-order chi connectivity index (χ0) is 17.6. The number of cyclic esters (lactones) is 1. The highest BCUT2D eigenvalue weighted by Gasteiger charge is 2.37. The lowest BCUT2D eigenvalue weighted by Gasteiger charge is -2.30. The number of carbonyl (C=O) groups is 3. The van der Waals surface area contributed by atoms with Gasteiger partial charge in [-0.2, -0.15) is 0 Å². The van der Waals surface area contributed by atoms with Gasteiger partial charge in [0.2, 0.25) is 0 Å². The molecule has 5 nitrogen and oxygen atoms in total. The molecular weight excluding hydrogens is 296 g/mol. The van der Waals surface area contributed by atoms with Crippen LogP contribution in [0.1, 0.15) is 66.7 Å². The fourth-order valence-corrected chi connectivity index (χ4v) is 2.77. The Balaban J connectivity index is 3.06. The number of ketones is 1. The van der Waals surface area contributed by atoms with Gasteiger partial charge in [-0.25, -0.2) is 4.79 Å². The number of ether oxygens (including phenoxy) is 2. The third-order valence-corrected chi connectivity index (χ3v) is 3.89. The molecule has 1 heterocycles. The van der Waals surface area contributed by atoms with Crippen LogP contribution in [-0.2, 0) is 23.9 Å². The maximum atomic E-state index is 12.3. The average Bonchev–Trinajstić information content (AvgIpc) is 2.45. The van der Waals surface area contributed by atoms with Gasteiger partial charge >= 0.3 is 11.9 Å². The van der Waals surface area contributed by atoms with E-state index in [-0.39, 0.29) is 48.4 Å². The standard InChI is InChI=1S/C18H28O5/c1-6-8-13(19)17-15(22-16(20)7-2)10-14(23-18(17)21)12(5)9-11(3)4/h11-12,14H,6-10H2,1-5H3. The Morgan fingerprint density at radius 1 is 1.26 bits per heavy atom. The molecule has 0 aromatic carbocycles. The molecule has 0 saturated carbocycles. The summed E-state index contributed by atoms with van der Waals surface area (Å²) < 4.78 is 10.8. The number of hydrogen-bond acceptors (Lipinski definition) is 5. The van der Waals surface area contributed by atoms with Crippen molar-refractivity contribution in [3.8, 4) is 0 Å². The predicted molar refractivity (Wildman–Crippen MR) is 86.4 cm³/mol. The maximum Gasteiger partial charge on any atom is 0.345 e. The lowest BCUT2D eigenvalue weighted by molar-refractivity contribution is -0.153. The minimum absolute atomic E-state index is 0.0818. The monoisotopic (exact) mass is 324 g/mol. The van der Waals surface area contributed by atoms with Crippen molar-refractivity contribution in [2.24, 2.45) is 11.8 Å².